The fourth-order valence-corrected chi connectivity index (χ4v) is 0. The van der Waals surface area contributed by atoms with Crippen LogP contribution in [0.2, 0.25) is 0 Å². The number of hydrogen-bond acceptors (Lipinski definition) is 2. The maximum Gasteiger partial charge on any atom is 0.150 e. The van der Waals surface area contributed by atoms with Crippen molar-refractivity contribution in [3.63, 3.8) is 0 Å². The maximum atomic E-state index is 6.48. The van der Waals surface area contributed by atoms with Crippen molar-refractivity contribution in [2.24, 2.45) is 5.73 Å². The van der Waals surface area contributed by atoms with Crippen molar-refractivity contribution in [3.05, 3.63) is 0 Å². The van der Waals surface area contributed by atoms with Gasteiger partial charge in [-0.25, -0.2) is 0 Å². The molecule has 5 heavy (non-hydrogen) atoms. The van der Waals surface area contributed by atoms with Gasteiger partial charge in [0, 0.05) is 0 Å². The summed E-state index contributed by atoms with van der Waals surface area (Å²) in [5.74, 6) is 0. The van der Waals surface area contributed by atoms with Crippen LogP contribution in [0.5, 0.6) is 0 Å². The van der Waals surface area contributed by atoms with E-state index >= 15 is 0 Å². The van der Waals surface area contributed by atoms with Crippen molar-refractivity contribution in [3.8, 4) is 0 Å². The lowest BCUT2D eigenvalue weighted by Crippen LogP contribution is -2.01. The molecule has 0 unspecified atom stereocenters. The molecule has 3 N–H and O–H groups in total. The van der Waals surface area contributed by atoms with Crippen LogP contribution < -0.4 is 5.73 Å². The van der Waals surface area contributed by atoms with Crippen LogP contribution in [0, 0.1) is 5.41 Å². The number of hydrogen-bond donors (Lipinski definition) is 2. The highest BCUT2D eigenvalue weighted by Crippen LogP contribution is 1.83. The third kappa shape index (κ3) is 3.82. The fraction of sp³-hybridized carbons (Fsp3) is 0.500. The molecule has 0 aromatic heterocycles. The van der Waals surface area contributed by atoms with Crippen molar-refractivity contribution < 1.29 is 0 Å². The van der Waals surface area contributed by atoms with Crippen molar-refractivity contribution in [2.45, 2.75) is 0 Å². The number of thioether (sulfide) groups is 1. The first kappa shape index (κ1) is 4.82. The molecule has 0 saturated carbocycles. The molecule has 0 saturated heterocycles. The molecule has 2 nitrogen and oxygen atoms in total. The number of rotatable bonds is 0. The van der Waals surface area contributed by atoms with Crippen LogP contribution in [0.3, 0.4) is 0 Å². The second-order valence-electron chi connectivity index (χ2n) is 0.568. The zero-order valence-electron chi connectivity index (χ0n) is 2.99. The van der Waals surface area contributed by atoms with Crippen LogP contribution in [0.25, 0.3) is 0 Å². The van der Waals surface area contributed by atoms with E-state index in [2.05, 4.69) is 0 Å². The van der Waals surface area contributed by atoms with E-state index in [4.69, 9.17) is 11.1 Å². The molecule has 0 rings (SSSR count). The first-order chi connectivity index (χ1) is 2.27. The molecule has 0 aliphatic rings. The summed E-state index contributed by atoms with van der Waals surface area (Å²) in [6.45, 7) is 0. The lowest BCUT2D eigenvalue weighted by Gasteiger charge is -1.78. The third-order valence-corrected chi connectivity index (χ3v) is 0.660. The van der Waals surface area contributed by atoms with Gasteiger partial charge < -0.3 is 5.73 Å². The van der Waals surface area contributed by atoms with E-state index in [1.165, 1.54) is 11.8 Å². The van der Waals surface area contributed by atoms with Crippen molar-refractivity contribution in [2.75, 3.05) is 6.26 Å². The Kier molecular flexibility index (Phi) is 2.01. The molecular weight excluding hydrogens is 87.0 g/mol. The average molecular weight is 93.1 g/mol. The summed E-state index contributed by atoms with van der Waals surface area (Å²) in [5.41, 5.74) is 4.84. The Morgan fingerprint density at radius 3 is 2.20 bits per heavy atom. The standard InChI is InChI=1S/C2H6N2S/c1-5-2(3)4/h1H3,(H3,3,4)/i5+3. The van der Waals surface area contributed by atoms with E-state index in [0.29, 0.717) is 0 Å². The molecule has 0 aromatic carbocycles. The van der Waals surface area contributed by atoms with Gasteiger partial charge in [-0.3, -0.25) is 5.41 Å². The Balaban J connectivity index is 2.85. The predicted octanol–water partition coefficient (Wildman–Crippen LogP) is 0.243. The smallest absolute Gasteiger partial charge is 0.150 e. The summed E-state index contributed by atoms with van der Waals surface area (Å²) in [6, 6.07) is 0. The highest BCUT2D eigenvalue weighted by Gasteiger charge is 1.71. The summed E-state index contributed by atoms with van der Waals surface area (Å²) in [6.07, 6.45) is 1.77. The molecule has 0 fully saturated rings. The van der Waals surface area contributed by atoms with Crippen LogP contribution in [0.1, 0.15) is 0 Å². The van der Waals surface area contributed by atoms with E-state index in [1.54, 1.807) is 6.26 Å². The van der Waals surface area contributed by atoms with Gasteiger partial charge in [-0.1, -0.05) is 11.8 Å². The number of amidine groups is 1. The molecule has 30 valence electrons. The summed E-state index contributed by atoms with van der Waals surface area (Å²) in [7, 11) is 0. The van der Waals surface area contributed by atoms with Gasteiger partial charge in [-0.2, -0.15) is 0 Å². The summed E-state index contributed by atoms with van der Waals surface area (Å²) in [4.78, 5) is 0. The summed E-state index contributed by atoms with van der Waals surface area (Å²) in [5, 5.41) is 6.66. The van der Waals surface area contributed by atoms with E-state index in [9.17, 15) is 0 Å². The number of nitrogens with two attached hydrogens (primary N) is 1. The van der Waals surface area contributed by atoms with Crippen LogP contribution in [-0.2, 0) is 0 Å². The Hall–Kier alpha value is -0.180. The van der Waals surface area contributed by atoms with Gasteiger partial charge in [0.25, 0.3) is 0 Å². The van der Waals surface area contributed by atoms with Crippen LogP contribution >= 0.6 is 11.8 Å². The fourth-order valence-electron chi connectivity index (χ4n) is 0. The number of nitrogens with one attached hydrogen (secondary N) is 1. The van der Waals surface area contributed by atoms with Gasteiger partial charge in [0.15, 0.2) is 5.17 Å². The normalized spacial score (nSPS) is 7.40. The molecule has 0 aliphatic carbocycles. The van der Waals surface area contributed by atoms with Crippen molar-refractivity contribution in [1.82, 2.24) is 0 Å². The van der Waals surface area contributed by atoms with Gasteiger partial charge >= 0.3 is 0 Å². The Labute approximate surface area is 35.3 Å². The minimum absolute atomic E-state index is 0.171. The molecule has 0 atom stereocenters. The average Bonchev–Trinajstić information content (AvgIpc) is 1.38. The zero-order valence-corrected chi connectivity index (χ0v) is 3.80. The van der Waals surface area contributed by atoms with E-state index in [0.717, 1.165) is 0 Å². The van der Waals surface area contributed by atoms with Gasteiger partial charge in [0.2, 0.25) is 0 Å². The van der Waals surface area contributed by atoms with E-state index < -0.39 is 0 Å². The van der Waals surface area contributed by atoms with Gasteiger partial charge in [-0.05, 0) is 6.26 Å². The second-order valence-corrected chi connectivity index (χ2v) is 1.42. The molecule has 0 spiro atoms. The van der Waals surface area contributed by atoms with E-state index in [-0.39, 0.29) is 5.17 Å². The predicted molar refractivity (Wildman–Crippen MR) is 25.4 cm³/mol. The summed E-state index contributed by atoms with van der Waals surface area (Å²) < 4.78 is 0. The van der Waals surface area contributed by atoms with Crippen LogP contribution in [0.4, 0.5) is 0 Å². The molecule has 0 aliphatic heterocycles. The molecule has 0 radical (unpaired) electrons. The minimum Gasteiger partial charge on any atom is -0.379 e. The van der Waals surface area contributed by atoms with Gasteiger partial charge in [-0.15, -0.1) is 0 Å². The topological polar surface area (TPSA) is 49.9 Å². The van der Waals surface area contributed by atoms with Crippen molar-refractivity contribution in [1.29, 1.82) is 5.41 Å². The lowest BCUT2D eigenvalue weighted by atomic mass is 11.4. The Bertz CT molecular complexity index is 42.9. The maximum absolute atomic E-state index is 6.48. The first-order valence-electron chi connectivity index (χ1n) is 1.15. The van der Waals surface area contributed by atoms with Gasteiger partial charge in [0.1, 0.15) is 0 Å². The minimum atomic E-state index is 0.171. The SMILES string of the molecule is C[35S]C(=N)N. The third-order valence-electron chi connectivity index (χ3n) is 0.220. The Morgan fingerprint density at radius 2 is 2.20 bits per heavy atom. The van der Waals surface area contributed by atoms with Crippen LogP contribution in [0.15, 0.2) is 0 Å². The molecule has 0 heterocycles. The highest BCUT2D eigenvalue weighted by atomic mass is 35.1. The summed E-state index contributed by atoms with van der Waals surface area (Å²) >= 11 is 1.24. The largest absolute Gasteiger partial charge is 0.379 e. The second kappa shape index (κ2) is 2.08. The Morgan fingerprint density at radius 1 is 2.00 bits per heavy atom. The van der Waals surface area contributed by atoms with Crippen LogP contribution in [-0.4, -0.2) is 11.4 Å². The molecular formula is C2H6N2S. The van der Waals surface area contributed by atoms with Gasteiger partial charge in [0.05, 0.1) is 0 Å². The first-order valence-corrected chi connectivity index (χ1v) is 2.38. The lowest BCUT2D eigenvalue weighted by molar-refractivity contribution is 1.51. The highest BCUT2D eigenvalue weighted by molar-refractivity contribution is 8.13. The monoisotopic (exact) mass is 93.0 g/mol. The zero-order chi connectivity index (χ0) is 4.28. The molecule has 0 aromatic rings. The quantitative estimate of drug-likeness (QED) is 0.333. The van der Waals surface area contributed by atoms with Crippen molar-refractivity contribution >= 4 is 16.9 Å². The molecule has 3 heteroatoms. The van der Waals surface area contributed by atoms with E-state index in [1.807, 2.05) is 0 Å². The molecule has 0 amide bonds. The molecule has 0 bridgehead atoms.